The Morgan fingerprint density at radius 2 is 2.03 bits per heavy atom. The Kier molecular flexibility index (Phi) is 5.67. The number of amides is 3. The van der Waals surface area contributed by atoms with Gasteiger partial charge in [-0.3, -0.25) is 19.7 Å². The van der Waals surface area contributed by atoms with Crippen LogP contribution in [0.4, 0.5) is 0 Å². The van der Waals surface area contributed by atoms with E-state index in [2.05, 4.69) is 16.0 Å². The standard InChI is InChI=1S/C21H28N4O4/c1-29-13-21(6-8-22-9-7-21)23-11-14-2-3-15-12-25(20(28)16(15)10-14)17-4-5-18(26)24-19(17)27/h2-3,10,17,22-23H,4-9,11-13H2,1H3,(H,24,26,27). The normalized spacial score (nSPS) is 23.8. The Morgan fingerprint density at radius 3 is 2.76 bits per heavy atom. The molecule has 1 aromatic carbocycles. The van der Waals surface area contributed by atoms with E-state index in [4.69, 9.17) is 4.74 Å². The van der Waals surface area contributed by atoms with Crippen molar-refractivity contribution < 1.29 is 19.1 Å². The number of ether oxygens (including phenoxy) is 1. The molecular weight excluding hydrogens is 372 g/mol. The van der Waals surface area contributed by atoms with Crippen LogP contribution in [0, 0.1) is 0 Å². The molecule has 1 unspecified atom stereocenters. The van der Waals surface area contributed by atoms with E-state index in [1.165, 1.54) is 0 Å². The molecule has 0 aliphatic carbocycles. The number of carbonyl (C=O) groups is 3. The second kappa shape index (κ2) is 8.22. The molecule has 0 bridgehead atoms. The van der Waals surface area contributed by atoms with Crippen LogP contribution in [0.1, 0.15) is 47.2 Å². The van der Waals surface area contributed by atoms with Crippen molar-refractivity contribution in [3.8, 4) is 0 Å². The minimum Gasteiger partial charge on any atom is -0.383 e. The molecule has 3 amide bonds. The van der Waals surface area contributed by atoms with Crippen molar-refractivity contribution in [1.29, 1.82) is 0 Å². The number of imide groups is 1. The molecule has 3 aliphatic heterocycles. The summed E-state index contributed by atoms with van der Waals surface area (Å²) in [5, 5.41) is 9.37. The Hall–Kier alpha value is -2.29. The number of piperidine rings is 2. The average molecular weight is 400 g/mol. The number of benzene rings is 1. The highest BCUT2D eigenvalue weighted by atomic mass is 16.5. The maximum Gasteiger partial charge on any atom is 0.255 e. The Balaban J connectivity index is 1.45. The molecule has 0 saturated carbocycles. The highest BCUT2D eigenvalue weighted by molar-refractivity contribution is 6.05. The van der Waals surface area contributed by atoms with Crippen LogP contribution in [0.3, 0.4) is 0 Å². The molecule has 2 fully saturated rings. The molecule has 8 heteroatoms. The Labute approximate surface area is 170 Å². The maximum atomic E-state index is 13.0. The lowest BCUT2D eigenvalue weighted by Gasteiger charge is -2.38. The van der Waals surface area contributed by atoms with Crippen molar-refractivity contribution in [3.63, 3.8) is 0 Å². The van der Waals surface area contributed by atoms with E-state index in [0.29, 0.717) is 31.7 Å². The number of rotatable bonds is 6. The average Bonchev–Trinajstić information content (AvgIpc) is 3.03. The predicted octanol–water partition coefficient (Wildman–Crippen LogP) is 0.306. The summed E-state index contributed by atoms with van der Waals surface area (Å²) >= 11 is 0. The van der Waals surface area contributed by atoms with E-state index in [9.17, 15) is 14.4 Å². The molecule has 1 aromatic rings. The number of nitrogens with zero attached hydrogens (tertiary/aromatic N) is 1. The molecule has 156 valence electrons. The number of fused-ring (bicyclic) bond motifs is 1. The summed E-state index contributed by atoms with van der Waals surface area (Å²) in [5.74, 6) is -0.784. The Bertz CT molecular complexity index is 813. The fourth-order valence-corrected chi connectivity index (χ4v) is 4.56. The van der Waals surface area contributed by atoms with Gasteiger partial charge in [-0.1, -0.05) is 12.1 Å². The van der Waals surface area contributed by atoms with Crippen LogP contribution < -0.4 is 16.0 Å². The van der Waals surface area contributed by atoms with Gasteiger partial charge in [-0.2, -0.15) is 0 Å². The summed E-state index contributed by atoms with van der Waals surface area (Å²) in [5.41, 5.74) is 2.56. The quantitative estimate of drug-likeness (QED) is 0.594. The summed E-state index contributed by atoms with van der Waals surface area (Å²) in [6.45, 7) is 3.64. The number of hydrogen-bond donors (Lipinski definition) is 3. The third-order valence-corrected chi connectivity index (χ3v) is 6.24. The summed E-state index contributed by atoms with van der Waals surface area (Å²) < 4.78 is 5.45. The fraction of sp³-hybridized carbons (Fsp3) is 0.571. The van der Waals surface area contributed by atoms with Gasteiger partial charge in [0.1, 0.15) is 6.04 Å². The second-order valence-electron chi connectivity index (χ2n) is 8.21. The topological polar surface area (TPSA) is 99.8 Å². The van der Waals surface area contributed by atoms with Crippen molar-refractivity contribution >= 4 is 17.7 Å². The first-order chi connectivity index (χ1) is 14.0. The number of carbonyl (C=O) groups excluding carboxylic acids is 3. The molecule has 0 radical (unpaired) electrons. The molecule has 2 saturated heterocycles. The van der Waals surface area contributed by atoms with Gasteiger partial charge in [-0.15, -0.1) is 0 Å². The zero-order chi connectivity index (χ0) is 20.4. The van der Waals surface area contributed by atoms with Crippen LogP contribution >= 0.6 is 0 Å². The van der Waals surface area contributed by atoms with Crippen LogP contribution in [0.5, 0.6) is 0 Å². The molecule has 0 spiro atoms. The maximum absolute atomic E-state index is 13.0. The zero-order valence-electron chi connectivity index (χ0n) is 16.8. The number of hydrogen-bond acceptors (Lipinski definition) is 6. The van der Waals surface area contributed by atoms with Gasteiger partial charge in [-0.25, -0.2) is 0 Å². The molecule has 3 aliphatic rings. The Morgan fingerprint density at radius 1 is 1.24 bits per heavy atom. The van der Waals surface area contributed by atoms with Gasteiger partial charge >= 0.3 is 0 Å². The first-order valence-electron chi connectivity index (χ1n) is 10.2. The van der Waals surface area contributed by atoms with Gasteiger partial charge < -0.3 is 20.3 Å². The zero-order valence-corrected chi connectivity index (χ0v) is 16.8. The predicted molar refractivity (Wildman–Crippen MR) is 106 cm³/mol. The van der Waals surface area contributed by atoms with E-state index in [1.807, 2.05) is 18.2 Å². The minimum absolute atomic E-state index is 0.0538. The molecular formula is C21H28N4O4. The lowest BCUT2D eigenvalue weighted by atomic mass is 9.88. The summed E-state index contributed by atoms with van der Waals surface area (Å²) in [6.07, 6.45) is 2.64. The first-order valence-corrected chi connectivity index (χ1v) is 10.2. The van der Waals surface area contributed by atoms with Gasteiger partial charge in [0.25, 0.3) is 5.91 Å². The van der Waals surface area contributed by atoms with Crippen molar-refractivity contribution in [1.82, 2.24) is 20.9 Å². The molecule has 8 nitrogen and oxygen atoms in total. The van der Waals surface area contributed by atoms with Crippen LogP contribution in [-0.2, 0) is 27.4 Å². The van der Waals surface area contributed by atoms with E-state index < -0.39 is 6.04 Å². The molecule has 29 heavy (non-hydrogen) atoms. The summed E-state index contributed by atoms with van der Waals surface area (Å²) in [7, 11) is 1.73. The smallest absolute Gasteiger partial charge is 0.255 e. The van der Waals surface area contributed by atoms with E-state index in [-0.39, 0.29) is 29.7 Å². The SMILES string of the molecule is COCC1(NCc2ccc3c(c2)C(=O)N(C2CCC(=O)NC2=O)C3)CCNCC1. The van der Waals surface area contributed by atoms with E-state index >= 15 is 0 Å². The van der Waals surface area contributed by atoms with E-state index in [0.717, 1.165) is 37.1 Å². The summed E-state index contributed by atoms with van der Waals surface area (Å²) in [4.78, 5) is 38.1. The molecule has 3 N–H and O–H groups in total. The largest absolute Gasteiger partial charge is 0.383 e. The van der Waals surface area contributed by atoms with Crippen LogP contribution in [0.25, 0.3) is 0 Å². The third-order valence-electron chi connectivity index (χ3n) is 6.24. The van der Waals surface area contributed by atoms with Crippen molar-refractivity contribution in [2.24, 2.45) is 0 Å². The van der Waals surface area contributed by atoms with Crippen molar-refractivity contribution in [2.75, 3.05) is 26.8 Å². The molecule has 4 rings (SSSR count). The molecule has 3 heterocycles. The van der Waals surface area contributed by atoms with E-state index in [1.54, 1.807) is 12.0 Å². The fourth-order valence-electron chi connectivity index (χ4n) is 4.56. The molecule has 0 aromatic heterocycles. The second-order valence-corrected chi connectivity index (χ2v) is 8.21. The van der Waals surface area contributed by atoms with Gasteiger partial charge in [0.15, 0.2) is 0 Å². The highest BCUT2D eigenvalue weighted by Gasteiger charge is 2.39. The summed E-state index contributed by atoms with van der Waals surface area (Å²) in [6, 6.07) is 5.36. The van der Waals surface area contributed by atoms with Crippen molar-refractivity contribution in [2.45, 2.75) is 50.4 Å². The lowest BCUT2D eigenvalue weighted by molar-refractivity contribution is -0.136. The van der Waals surface area contributed by atoms with Crippen molar-refractivity contribution in [3.05, 3.63) is 34.9 Å². The van der Waals surface area contributed by atoms with Gasteiger partial charge in [-0.05, 0) is 49.5 Å². The highest BCUT2D eigenvalue weighted by Crippen LogP contribution is 2.28. The number of methoxy groups -OCH3 is 1. The molecule has 1 atom stereocenters. The van der Waals surface area contributed by atoms with Gasteiger partial charge in [0, 0.05) is 37.7 Å². The monoisotopic (exact) mass is 400 g/mol. The third kappa shape index (κ3) is 4.05. The van der Waals surface area contributed by atoms with Crippen LogP contribution in [-0.4, -0.2) is 61.0 Å². The van der Waals surface area contributed by atoms with Gasteiger partial charge in [0.2, 0.25) is 11.8 Å². The van der Waals surface area contributed by atoms with Crippen LogP contribution in [0.2, 0.25) is 0 Å². The van der Waals surface area contributed by atoms with Gasteiger partial charge in [0.05, 0.1) is 6.61 Å². The minimum atomic E-state index is -0.575. The van der Waals surface area contributed by atoms with Crippen LogP contribution in [0.15, 0.2) is 18.2 Å². The number of nitrogens with one attached hydrogen (secondary N) is 3. The lowest BCUT2D eigenvalue weighted by Crippen LogP contribution is -2.54. The first kappa shape index (κ1) is 20.0.